The molecule has 1 aliphatic rings. The van der Waals surface area contributed by atoms with Crippen molar-refractivity contribution < 1.29 is 9.47 Å². The van der Waals surface area contributed by atoms with Crippen molar-refractivity contribution >= 4 is 0 Å². The Labute approximate surface area is 164 Å². The summed E-state index contributed by atoms with van der Waals surface area (Å²) in [5.41, 5.74) is 2.74. The SMILES string of the molecule is COc1ccc([C@H](CCNC[C@H]2CCOC(C)(C)C2)c2ccccc2)cc1. The second-order valence-corrected chi connectivity index (χ2v) is 8.20. The summed E-state index contributed by atoms with van der Waals surface area (Å²) in [5.74, 6) is 2.02. The molecule has 146 valence electrons. The fourth-order valence-corrected chi connectivity index (χ4v) is 4.13. The van der Waals surface area contributed by atoms with E-state index in [9.17, 15) is 0 Å². The molecule has 1 saturated heterocycles. The minimum Gasteiger partial charge on any atom is -0.497 e. The van der Waals surface area contributed by atoms with Crippen molar-refractivity contribution in [1.82, 2.24) is 5.32 Å². The monoisotopic (exact) mass is 367 g/mol. The Morgan fingerprint density at radius 3 is 2.44 bits per heavy atom. The first-order chi connectivity index (χ1) is 13.1. The molecule has 0 unspecified atom stereocenters. The lowest BCUT2D eigenvalue weighted by Crippen LogP contribution is -2.38. The van der Waals surface area contributed by atoms with E-state index < -0.39 is 0 Å². The first-order valence-electron chi connectivity index (χ1n) is 10.1. The number of hydrogen-bond donors (Lipinski definition) is 1. The molecular formula is C24H33NO2. The van der Waals surface area contributed by atoms with Crippen LogP contribution < -0.4 is 10.1 Å². The van der Waals surface area contributed by atoms with Crippen LogP contribution in [0.5, 0.6) is 5.75 Å². The summed E-state index contributed by atoms with van der Waals surface area (Å²) in [7, 11) is 1.71. The highest BCUT2D eigenvalue weighted by Crippen LogP contribution is 2.30. The van der Waals surface area contributed by atoms with E-state index in [4.69, 9.17) is 9.47 Å². The Balaban J connectivity index is 1.58. The molecule has 3 nitrogen and oxygen atoms in total. The highest BCUT2D eigenvalue weighted by molar-refractivity contribution is 5.36. The first kappa shape index (κ1) is 19.9. The summed E-state index contributed by atoms with van der Waals surface area (Å²) >= 11 is 0. The van der Waals surface area contributed by atoms with Crippen molar-refractivity contribution in [2.24, 2.45) is 5.92 Å². The molecule has 0 saturated carbocycles. The molecule has 2 aromatic rings. The van der Waals surface area contributed by atoms with Crippen LogP contribution in [0.1, 0.15) is 50.2 Å². The number of nitrogens with one attached hydrogen (secondary N) is 1. The van der Waals surface area contributed by atoms with Gasteiger partial charge in [0.15, 0.2) is 0 Å². The zero-order valence-electron chi connectivity index (χ0n) is 16.9. The van der Waals surface area contributed by atoms with Crippen LogP contribution in [-0.4, -0.2) is 32.4 Å². The molecule has 0 radical (unpaired) electrons. The lowest BCUT2D eigenvalue weighted by molar-refractivity contribution is -0.0717. The van der Waals surface area contributed by atoms with Gasteiger partial charge in [0.25, 0.3) is 0 Å². The first-order valence-corrected chi connectivity index (χ1v) is 10.1. The quantitative estimate of drug-likeness (QED) is 0.665. The molecule has 1 fully saturated rings. The Hall–Kier alpha value is -1.84. The van der Waals surface area contributed by atoms with Gasteiger partial charge in [-0.2, -0.15) is 0 Å². The van der Waals surface area contributed by atoms with E-state index in [1.807, 2.05) is 0 Å². The average molecular weight is 368 g/mol. The van der Waals surface area contributed by atoms with Gasteiger partial charge in [0.1, 0.15) is 5.75 Å². The maximum absolute atomic E-state index is 5.84. The van der Waals surface area contributed by atoms with E-state index in [-0.39, 0.29) is 5.60 Å². The van der Waals surface area contributed by atoms with Gasteiger partial charge in [0.2, 0.25) is 0 Å². The van der Waals surface area contributed by atoms with Crippen LogP contribution in [0.4, 0.5) is 0 Å². The Morgan fingerprint density at radius 2 is 1.78 bits per heavy atom. The number of ether oxygens (including phenoxy) is 2. The van der Waals surface area contributed by atoms with Crippen LogP contribution in [0.25, 0.3) is 0 Å². The van der Waals surface area contributed by atoms with Gasteiger partial charge in [-0.05, 0) is 75.4 Å². The molecule has 1 N–H and O–H groups in total. The normalized spacial score (nSPS) is 20.2. The second-order valence-electron chi connectivity index (χ2n) is 8.20. The van der Waals surface area contributed by atoms with Crippen molar-refractivity contribution in [1.29, 1.82) is 0 Å². The van der Waals surface area contributed by atoms with E-state index in [1.165, 1.54) is 11.1 Å². The zero-order valence-corrected chi connectivity index (χ0v) is 16.9. The van der Waals surface area contributed by atoms with Crippen LogP contribution in [0.2, 0.25) is 0 Å². The van der Waals surface area contributed by atoms with Crippen molar-refractivity contribution in [2.75, 3.05) is 26.8 Å². The molecule has 27 heavy (non-hydrogen) atoms. The van der Waals surface area contributed by atoms with Crippen molar-refractivity contribution in [2.45, 2.75) is 44.6 Å². The van der Waals surface area contributed by atoms with Gasteiger partial charge in [0.05, 0.1) is 12.7 Å². The summed E-state index contributed by atoms with van der Waals surface area (Å²) in [4.78, 5) is 0. The highest BCUT2D eigenvalue weighted by atomic mass is 16.5. The molecule has 2 atom stereocenters. The Bertz CT molecular complexity index is 681. The molecule has 0 amide bonds. The van der Waals surface area contributed by atoms with Gasteiger partial charge in [-0.15, -0.1) is 0 Å². The molecule has 3 heteroatoms. The van der Waals surface area contributed by atoms with Gasteiger partial charge >= 0.3 is 0 Å². The van der Waals surface area contributed by atoms with Gasteiger partial charge in [0, 0.05) is 12.5 Å². The number of hydrogen-bond acceptors (Lipinski definition) is 3. The average Bonchev–Trinajstić information content (AvgIpc) is 2.68. The molecule has 1 aliphatic heterocycles. The molecule has 0 aromatic heterocycles. The topological polar surface area (TPSA) is 30.5 Å². The minimum atomic E-state index is 0.0280. The van der Waals surface area contributed by atoms with Crippen LogP contribution in [0, 0.1) is 5.92 Å². The van der Waals surface area contributed by atoms with Crippen LogP contribution in [0.3, 0.4) is 0 Å². The van der Waals surface area contributed by atoms with E-state index >= 15 is 0 Å². The summed E-state index contributed by atoms with van der Waals surface area (Å²) in [6.45, 7) is 7.39. The lowest BCUT2D eigenvalue weighted by atomic mass is 9.87. The number of methoxy groups -OCH3 is 1. The third-order valence-corrected chi connectivity index (χ3v) is 5.56. The summed E-state index contributed by atoms with van der Waals surface area (Å²) in [6, 6.07) is 19.3. The van der Waals surface area contributed by atoms with Gasteiger partial charge in [-0.25, -0.2) is 0 Å². The summed E-state index contributed by atoms with van der Waals surface area (Å²) in [6.07, 6.45) is 3.39. The second kappa shape index (κ2) is 9.38. The minimum absolute atomic E-state index is 0.0280. The van der Waals surface area contributed by atoms with E-state index in [2.05, 4.69) is 73.8 Å². The van der Waals surface area contributed by atoms with Gasteiger partial charge < -0.3 is 14.8 Å². The van der Waals surface area contributed by atoms with Crippen molar-refractivity contribution in [3.8, 4) is 5.75 Å². The molecule has 1 heterocycles. The lowest BCUT2D eigenvalue weighted by Gasteiger charge is -2.35. The molecule has 0 bridgehead atoms. The smallest absolute Gasteiger partial charge is 0.118 e. The van der Waals surface area contributed by atoms with E-state index in [0.29, 0.717) is 11.8 Å². The van der Waals surface area contributed by atoms with Gasteiger partial charge in [-0.1, -0.05) is 42.5 Å². The standard InChI is InChI=1S/C24H33NO2/c1-24(2)17-19(14-16-27-24)18-25-15-13-23(20-7-5-4-6-8-20)21-9-11-22(26-3)12-10-21/h4-12,19,23,25H,13-18H2,1-3H3/t19-,23+/m0/s1. The predicted octanol–water partition coefficient (Wildman–Crippen LogP) is 5.01. The predicted molar refractivity (Wildman–Crippen MR) is 112 cm³/mol. The molecule has 0 spiro atoms. The molecular weight excluding hydrogens is 334 g/mol. The fourth-order valence-electron chi connectivity index (χ4n) is 4.13. The number of benzene rings is 2. The van der Waals surface area contributed by atoms with Gasteiger partial charge in [-0.3, -0.25) is 0 Å². The molecule has 2 aromatic carbocycles. The fraction of sp³-hybridized carbons (Fsp3) is 0.500. The van der Waals surface area contributed by atoms with E-state index in [1.54, 1.807) is 7.11 Å². The highest BCUT2D eigenvalue weighted by Gasteiger charge is 2.28. The largest absolute Gasteiger partial charge is 0.497 e. The third kappa shape index (κ3) is 5.82. The van der Waals surface area contributed by atoms with Crippen LogP contribution in [-0.2, 0) is 4.74 Å². The summed E-state index contributed by atoms with van der Waals surface area (Å²) in [5, 5.41) is 3.71. The van der Waals surface area contributed by atoms with Crippen molar-refractivity contribution in [3.63, 3.8) is 0 Å². The number of rotatable bonds is 8. The third-order valence-electron chi connectivity index (χ3n) is 5.56. The van der Waals surface area contributed by atoms with Crippen LogP contribution in [0.15, 0.2) is 54.6 Å². The molecule has 3 rings (SSSR count). The Morgan fingerprint density at radius 1 is 1.07 bits per heavy atom. The maximum atomic E-state index is 5.84. The van der Waals surface area contributed by atoms with E-state index in [0.717, 1.165) is 44.7 Å². The maximum Gasteiger partial charge on any atom is 0.118 e. The summed E-state index contributed by atoms with van der Waals surface area (Å²) < 4.78 is 11.2. The van der Waals surface area contributed by atoms with Crippen molar-refractivity contribution in [3.05, 3.63) is 65.7 Å². The van der Waals surface area contributed by atoms with Crippen LogP contribution >= 0.6 is 0 Å². The zero-order chi connectivity index (χ0) is 19.1. The molecule has 0 aliphatic carbocycles. The Kier molecular flexibility index (Phi) is 6.92.